The average molecular weight is 253 g/mol. The van der Waals surface area contributed by atoms with E-state index in [2.05, 4.69) is 0 Å². The number of nitrogen functional groups attached to an aromatic ring is 1. The minimum atomic E-state index is -0.386. The maximum Gasteiger partial charge on any atom is 0.241 e. The van der Waals surface area contributed by atoms with Crippen LogP contribution in [-0.2, 0) is 4.79 Å². The summed E-state index contributed by atoms with van der Waals surface area (Å²) in [6.07, 6.45) is 0.872. The summed E-state index contributed by atoms with van der Waals surface area (Å²) in [4.78, 5) is 15.1. The second kappa shape index (κ2) is 6.23. The third-order valence-corrected chi connectivity index (χ3v) is 2.59. The van der Waals surface area contributed by atoms with Crippen LogP contribution in [0.3, 0.4) is 0 Å². The third kappa shape index (κ3) is 3.91. The van der Waals surface area contributed by atoms with Crippen molar-refractivity contribution in [2.75, 3.05) is 37.8 Å². The zero-order valence-corrected chi connectivity index (χ0v) is 11.1. The summed E-state index contributed by atoms with van der Waals surface area (Å²) in [5, 5.41) is 0. The number of benzene rings is 1. The molecule has 0 saturated carbocycles. The van der Waals surface area contributed by atoms with E-state index in [4.69, 9.17) is 5.73 Å². The first-order valence-corrected chi connectivity index (χ1v) is 5.95. The zero-order chi connectivity index (χ0) is 13.7. The van der Waals surface area contributed by atoms with Crippen LogP contribution in [0.2, 0.25) is 0 Å². The molecule has 0 fully saturated rings. The Morgan fingerprint density at radius 3 is 2.50 bits per heavy atom. The Hall–Kier alpha value is -1.78. The van der Waals surface area contributed by atoms with Crippen LogP contribution >= 0.6 is 0 Å². The summed E-state index contributed by atoms with van der Waals surface area (Å²) in [6, 6.07) is 4.35. The molecule has 0 aliphatic rings. The van der Waals surface area contributed by atoms with Crippen LogP contribution in [0.15, 0.2) is 18.2 Å². The first kappa shape index (κ1) is 14.3. The van der Waals surface area contributed by atoms with E-state index in [1.54, 1.807) is 20.2 Å². The fourth-order valence-corrected chi connectivity index (χ4v) is 1.65. The molecule has 0 unspecified atom stereocenters. The van der Waals surface area contributed by atoms with E-state index in [1.807, 2.05) is 11.8 Å². The molecular formula is C13H20FN3O. The topological polar surface area (TPSA) is 49.6 Å². The largest absolute Gasteiger partial charge is 0.399 e. The number of hydrogen-bond donors (Lipinski definition) is 1. The van der Waals surface area contributed by atoms with Gasteiger partial charge in [0.05, 0.1) is 6.54 Å². The molecular weight excluding hydrogens is 233 g/mol. The summed E-state index contributed by atoms with van der Waals surface area (Å²) >= 11 is 0. The molecule has 0 bridgehead atoms. The smallest absolute Gasteiger partial charge is 0.241 e. The number of carbonyl (C=O) groups is 1. The highest BCUT2D eigenvalue weighted by molar-refractivity contribution is 5.81. The monoisotopic (exact) mass is 253 g/mol. The minimum absolute atomic E-state index is 0.0220. The highest BCUT2D eigenvalue weighted by Crippen LogP contribution is 2.20. The first-order chi connectivity index (χ1) is 8.43. The third-order valence-electron chi connectivity index (χ3n) is 2.59. The van der Waals surface area contributed by atoms with Gasteiger partial charge in [-0.05, 0) is 24.6 Å². The fourth-order valence-electron chi connectivity index (χ4n) is 1.65. The molecule has 1 rings (SSSR count). The van der Waals surface area contributed by atoms with Crippen LogP contribution in [-0.4, -0.2) is 38.0 Å². The lowest BCUT2D eigenvalue weighted by atomic mass is 10.2. The predicted octanol–water partition coefficient (Wildman–Crippen LogP) is 1.71. The lowest BCUT2D eigenvalue weighted by Crippen LogP contribution is -2.37. The number of anilines is 2. The van der Waals surface area contributed by atoms with Gasteiger partial charge >= 0.3 is 0 Å². The molecule has 1 amide bonds. The molecule has 4 nitrogen and oxygen atoms in total. The van der Waals surface area contributed by atoms with Gasteiger partial charge in [-0.15, -0.1) is 0 Å². The summed E-state index contributed by atoms with van der Waals surface area (Å²) in [5.74, 6) is -0.408. The van der Waals surface area contributed by atoms with Crippen molar-refractivity contribution in [3.05, 3.63) is 24.0 Å². The standard InChI is InChI=1S/C13H20FN3O/c1-4-5-17(9-13(18)16(2)3)12-7-10(14)6-11(15)8-12/h6-8H,4-5,9,15H2,1-3H3. The van der Waals surface area contributed by atoms with Gasteiger partial charge in [0.15, 0.2) is 0 Å². The van der Waals surface area contributed by atoms with Gasteiger partial charge in [-0.25, -0.2) is 4.39 Å². The van der Waals surface area contributed by atoms with Gasteiger partial charge in [0.1, 0.15) is 5.82 Å². The van der Waals surface area contributed by atoms with Gasteiger partial charge in [-0.2, -0.15) is 0 Å². The van der Waals surface area contributed by atoms with Crippen LogP contribution in [0.4, 0.5) is 15.8 Å². The zero-order valence-electron chi connectivity index (χ0n) is 11.1. The molecule has 0 aliphatic heterocycles. The highest BCUT2D eigenvalue weighted by atomic mass is 19.1. The fraction of sp³-hybridized carbons (Fsp3) is 0.462. The van der Waals surface area contributed by atoms with E-state index in [-0.39, 0.29) is 18.3 Å². The van der Waals surface area contributed by atoms with E-state index >= 15 is 0 Å². The van der Waals surface area contributed by atoms with Crippen LogP contribution in [0.1, 0.15) is 13.3 Å². The SMILES string of the molecule is CCCN(CC(=O)N(C)C)c1cc(N)cc(F)c1. The normalized spacial score (nSPS) is 10.2. The number of carbonyl (C=O) groups excluding carboxylic acids is 1. The summed E-state index contributed by atoms with van der Waals surface area (Å²) in [7, 11) is 3.40. The Morgan fingerprint density at radius 2 is 2.00 bits per heavy atom. The molecule has 1 aromatic carbocycles. The molecule has 100 valence electrons. The van der Waals surface area contributed by atoms with Crippen molar-refractivity contribution in [1.29, 1.82) is 0 Å². The van der Waals surface area contributed by atoms with Gasteiger partial charge in [0, 0.05) is 32.0 Å². The molecule has 0 saturated heterocycles. The summed E-state index contributed by atoms with van der Waals surface area (Å²) in [6.45, 7) is 2.92. The van der Waals surface area contributed by atoms with Crippen LogP contribution in [0.5, 0.6) is 0 Å². The van der Waals surface area contributed by atoms with E-state index in [0.717, 1.165) is 6.42 Å². The first-order valence-electron chi connectivity index (χ1n) is 5.95. The number of amides is 1. The van der Waals surface area contributed by atoms with E-state index in [0.29, 0.717) is 17.9 Å². The Morgan fingerprint density at radius 1 is 1.33 bits per heavy atom. The number of hydrogen-bond acceptors (Lipinski definition) is 3. The molecule has 0 aromatic heterocycles. The molecule has 0 heterocycles. The van der Waals surface area contributed by atoms with Gasteiger partial charge in [-0.1, -0.05) is 6.92 Å². The number of nitrogens with zero attached hydrogens (tertiary/aromatic N) is 2. The Bertz CT molecular complexity index is 400. The van der Waals surface area contributed by atoms with Crippen LogP contribution in [0, 0.1) is 5.82 Å². The van der Waals surface area contributed by atoms with Crippen LogP contribution < -0.4 is 10.6 Å². The minimum Gasteiger partial charge on any atom is -0.399 e. The molecule has 0 spiro atoms. The lowest BCUT2D eigenvalue weighted by molar-refractivity contribution is -0.127. The molecule has 2 N–H and O–H groups in total. The van der Waals surface area contributed by atoms with Gasteiger partial charge in [0.2, 0.25) is 5.91 Å². The van der Waals surface area contributed by atoms with E-state index in [9.17, 15) is 9.18 Å². The van der Waals surface area contributed by atoms with Crippen molar-refractivity contribution in [2.45, 2.75) is 13.3 Å². The van der Waals surface area contributed by atoms with E-state index in [1.165, 1.54) is 17.0 Å². The van der Waals surface area contributed by atoms with E-state index < -0.39 is 0 Å². The quantitative estimate of drug-likeness (QED) is 0.813. The van der Waals surface area contributed by atoms with Crippen molar-refractivity contribution >= 4 is 17.3 Å². The number of nitrogens with two attached hydrogens (primary N) is 1. The van der Waals surface area contributed by atoms with Crippen LogP contribution in [0.25, 0.3) is 0 Å². The van der Waals surface area contributed by atoms with Crippen molar-refractivity contribution in [3.63, 3.8) is 0 Å². The molecule has 0 radical (unpaired) electrons. The maximum absolute atomic E-state index is 13.3. The molecule has 5 heteroatoms. The van der Waals surface area contributed by atoms with Gasteiger partial charge in [-0.3, -0.25) is 4.79 Å². The Kier molecular flexibility index (Phi) is 4.95. The average Bonchev–Trinajstić information content (AvgIpc) is 2.26. The van der Waals surface area contributed by atoms with Gasteiger partial charge < -0.3 is 15.5 Å². The maximum atomic E-state index is 13.3. The lowest BCUT2D eigenvalue weighted by Gasteiger charge is -2.25. The van der Waals surface area contributed by atoms with Crippen molar-refractivity contribution in [3.8, 4) is 0 Å². The molecule has 1 aromatic rings. The van der Waals surface area contributed by atoms with Gasteiger partial charge in [0.25, 0.3) is 0 Å². The highest BCUT2D eigenvalue weighted by Gasteiger charge is 2.13. The Balaban J connectivity index is 2.93. The van der Waals surface area contributed by atoms with Crippen molar-refractivity contribution in [1.82, 2.24) is 4.90 Å². The Labute approximate surface area is 107 Å². The number of rotatable bonds is 5. The number of likely N-dealkylation sites (N-methyl/N-ethyl adjacent to an activating group) is 1. The molecule has 18 heavy (non-hydrogen) atoms. The predicted molar refractivity (Wildman–Crippen MR) is 72.0 cm³/mol. The summed E-state index contributed by atoms with van der Waals surface area (Å²) in [5.41, 5.74) is 6.63. The molecule has 0 aliphatic carbocycles. The second-order valence-electron chi connectivity index (χ2n) is 4.45. The summed E-state index contributed by atoms with van der Waals surface area (Å²) < 4.78 is 13.3. The molecule has 0 atom stereocenters. The second-order valence-corrected chi connectivity index (χ2v) is 4.45. The van der Waals surface area contributed by atoms with Crippen molar-refractivity contribution in [2.24, 2.45) is 0 Å². The number of halogens is 1. The van der Waals surface area contributed by atoms with Crippen molar-refractivity contribution < 1.29 is 9.18 Å².